The van der Waals surface area contributed by atoms with Crippen molar-refractivity contribution in [1.82, 2.24) is 0 Å². The van der Waals surface area contributed by atoms with Gasteiger partial charge in [0.2, 0.25) is 5.91 Å². The molecule has 1 unspecified atom stereocenters. The minimum atomic E-state index is -0.954. The SMILES string of the molecule is Cc1ccc(NC(=O)c2ccc(NC(=O)c3ccc(NC(=O)C(CC#N)CC(=O)c4ccc(CC(=O)c5ccc(O)cc5)cc4)cc3)c(C)c2O)c(C)c1O. The van der Waals surface area contributed by atoms with Crippen LogP contribution < -0.4 is 16.0 Å². The van der Waals surface area contributed by atoms with Crippen LogP contribution in [0.4, 0.5) is 17.1 Å². The molecule has 12 nitrogen and oxygen atoms in total. The first kappa shape index (κ1) is 39.0. The Hall–Kier alpha value is -7.26. The number of Topliss-reactive ketones (excluding diaryl/α,β-unsaturated/α-hetero) is 2. The number of nitriles is 1. The topological polar surface area (TPSA) is 206 Å². The predicted molar refractivity (Wildman–Crippen MR) is 207 cm³/mol. The number of anilines is 3. The first-order chi connectivity index (χ1) is 26.2. The van der Waals surface area contributed by atoms with E-state index in [1.165, 1.54) is 60.7 Å². The third-order valence-corrected chi connectivity index (χ3v) is 9.19. The molecule has 5 aromatic rings. The molecule has 0 aliphatic rings. The molecular weight excluding hydrogens is 700 g/mol. The Balaban J connectivity index is 1.17. The summed E-state index contributed by atoms with van der Waals surface area (Å²) in [4.78, 5) is 64.8. The van der Waals surface area contributed by atoms with Crippen LogP contribution in [0, 0.1) is 38.0 Å². The minimum absolute atomic E-state index is 0.0276. The zero-order valence-electron chi connectivity index (χ0n) is 30.3. The van der Waals surface area contributed by atoms with Crippen molar-refractivity contribution in [2.24, 2.45) is 5.92 Å². The third-order valence-electron chi connectivity index (χ3n) is 9.19. The van der Waals surface area contributed by atoms with Gasteiger partial charge in [-0.15, -0.1) is 0 Å². The van der Waals surface area contributed by atoms with Crippen LogP contribution in [0.2, 0.25) is 0 Å². The summed E-state index contributed by atoms with van der Waals surface area (Å²) in [6.45, 7) is 4.94. The number of aromatic hydroxyl groups is 3. The molecule has 5 aromatic carbocycles. The number of ketones is 2. The lowest BCUT2D eigenvalue weighted by molar-refractivity contribution is -0.119. The van der Waals surface area contributed by atoms with Crippen LogP contribution in [-0.2, 0) is 11.2 Å². The molecule has 0 heterocycles. The van der Waals surface area contributed by atoms with Gasteiger partial charge in [0.15, 0.2) is 11.6 Å². The maximum atomic E-state index is 13.1. The highest BCUT2D eigenvalue weighted by Crippen LogP contribution is 2.32. The molecule has 5 rings (SSSR count). The number of nitrogens with zero attached hydrogens (tertiary/aromatic N) is 1. The fraction of sp³-hybridized carbons (Fsp3) is 0.163. The molecule has 0 aromatic heterocycles. The Morgan fingerprint density at radius 2 is 1.16 bits per heavy atom. The Kier molecular flexibility index (Phi) is 12.1. The lowest BCUT2D eigenvalue weighted by Gasteiger charge is -2.15. The molecule has 6 N–H and O–H groups in total. The van der Waals surface area contributed by atoms with E-state index in [2.05, 4.69) is 16.0 Å². The van der Waals surface area contributed by atoms with E-state index in [-0.39, 0.29) is 70.5 Å². The van der Waals surface area contributed by atoms with Crippen molar-refractivity contribution in [3.8, 4) is 23.3 Å². The summed E-state index contributed by atoms with van der Waals surface area (Å²) in [5.41, 5.74) is 4.03. The van der Waals surface area contributed by atoms with Crippen LogP contribution in [0.15, 0.2) is 97.1 Å². The Bertz CT molecular complexity index is 2330. The van der Waals surface area contributed by atoms with Crippen LogP contribution >= 0.6 is 0 Å². The van der Waals surface area contributed by atoms with Gasteiger partial charge in [-0.05, 0) is 98.6 Å². The maximum absolute atomic E-state index is 13.1. The van der Waals surface area contributed by atoms with Gasteiger partial charge in [-0.3, -0.25) is 24.0 Å². The number of nitrogens with one attached hydrogen (secondary N) is 3. The van der Waals surface area contributed by atoms with Crippen molar-refractivity contribution in [3.05, 3.63) is 142 Å². The van der Waals surface area contributed by atoms with Gasteiger partial charge in [0, 0.05) is 64.1 Å². The standard InChI is InChI=1S/C43H38N4O8/c1-24-4-18-35(25(2)39(24)51)47-43(55)34-17-19-36(26(3)40(34)52)46-41(53)30-9-13-32(14-10-30)45-42(54)31(20-21-44)23-38(50)28-7-5-27(6-8-28)22-37(49)29-11-15-33(48)16-12-29/h4-19,31,48,51-52H,20,22-23H2,1-3H3,(H,45,54)(H,46,53)(H,47,55). The average molecular weight is 739 g/mol. The van der Waals surface area contributed by atoms with Gasteiger partial charge in [-0.25, -0.2) is 0 Å². The molecule has 12 heteroatoms. The van der Waals surface area contributed by atoms with Gasteiger partial charge in [0.05, 0.1) is 17.6 Å². The minimum Gasteiger partial charge on any atom is -0.508 e. The molecule has 0 spiro atoms. The number of phenols is 3. The molecule has 1 atom stereocenters. The van der Waals surface area contributed by atoms with E-state index < -0.39 is 23.6 Å². The number of rotatable bonds is 13. The highest BCUT2D eigenvalue weighted by atomic mass is 16.3. The molecular formula is C43H38N4O8. The predicted octanol–water partition coefficient (Wildman–Crippen LogP) is 7.40. The van der Waals surface area contributed by atoms with Crippen molar-refractivity contribution >= 4 is 46.4 Å². The van der Waals surface area contributed by atoms with Crippen molar-refractivity contribution in [2.45, 2.75) is 40.0 Å². The molecule has 0 aliphatic carbocycles. The van der Waals surface area contributed by atoms with E-state index in [1.807, 2.05) is 6.07 Å². The molecule has 0 bridgehead atoms. The smallest absolute Gasteiger partial charge is 0.259 e. The summed E-state index contributed by atoms with van der Waals surface area (Å²) in [5, 5.41) is 47.9. The maximum Gasteiger partial charge on any atom is 0.259 e. The second-order valence-corrected chi connectivity index (χ2v) is 13.0. The molecule has 278 valence electrons. The van der Waals surface area contributed by atoms with Crippen LogP contribution in [0.5, 0.6) is 17.2 Å². The first-order valence-corrected chi connectivity index (χ1v) is 17.2. The second kappa shape index (κ2) is 17.0. The lowest BCUT2D eigenvalue weighted by Crippen LogP contribution is -2.25. The van der Waals surface area contributed by atoms with E-state index >= 15 is 0 Å². The van der Waals surface area contributed by atoms with Crippen molar-refractivity contribution in [3.63, 3.8) is 0 Å². The number of benzene rings is 5. The quantitative estimate of drug-likeness (QED) is 0.0665. The van der Waals surface area contributed by atoms with Gasteiger partial charge >= 0.3 is 0 Å². The van der Waals surface area contributed by atoms with Gasteiger partial charge in [0.25, 0.3) is 11.8 Å². The first-order valence-electron chi connectivity index (χ1n) is 17.2. The van der Waals surface area contributed by atoms with Gasteiger partial charge < -0.3 is 31.3 Å². The third kappa shape index (κ3) is 9.40. The van der Waals surface area contributed by atoms with E-state index in [1.54, 1.807) is 57.2 Å². The van der Waals surface area contributed by atoms with Crippen molar-refractivity contribution in [2.75, 3.05) is 16.0 Å². The summed E-state index contributed by atoms with van der Waals surface area (Å²) in [5.74, 6) is -3.34. The fourth-order valence-corrected chi connectivity index (χ4v) is 5.78. The summed E-state index contributed by atoms with van der Waals surface area (Å²) in [6, 6.07) is 26.4. The molecule has 0 saturated carbocycles. The second-order valence-electron chi connectivity index (χ2n) is 13.0. The van der Waals surface area contributed by atoms with E-state index in [0.717, 1.165) is 0 Å². The number of hydrogen-bond donors (Lipinski definition) is 6. The summed E-state index contributed by atoms with van der Waals surface area (Å²) in [7, 11) is 0. The normalized spacial score (nSPS) is 11.2. The average Bonchev–Trinajstić information content (AvgIpc) is 3.17. The highest BCUT2D eigenvalue weighted by Gasteiger charge is 2.24. The molecule has 0 radical (unpaired) electrons. The zero-order valence-corrected chi connectivity index (χ0v) is 30.3. The molecule has 0 aliphatic heterocycles. The summed E-state index contributed by atoms with van der Waals surface area (Å²) < 4.78 is 0. The number of phenolic OH excluding ortho intramolecular Hbond substituents is 3. The summed E-state index contributed by atoms with van der Waals surface area (Å²) >= 11 is 0. The van der Waals surface area contributed by atoms with Crippen LogP contribution in [0.1, 0.15) is 76.5 Å². The number of amides is 3. The number of hydrogen-bond acceptors (Lipinski definition) is 9. The highest BCUT2D eigenvalue weighted by molar-refractivity contribution is 6.09. The molecule has 55 heavy (non-hydrogen) atoms. The number of carbonyl (C=O) groups excluding carboxylic acids is 5. The van der Waals surface area contributed by atoms with E-state index in [4.69, 9.17) is 0 Å². The largest absolute Gasteiger partial charge is 0.508 e. The van der Waals surface area contributed by atoms with E-state index in [9.17, 15) is 44.6 Å². The Labute approximate surface area is 317 Å². The summed E-state index contributed by atoms with van der Waals surface area (Å²) in [6.07, 6.45) is -0.342. The van der Waals surface area contributed by atoms with E-state index in [0.29, 0.717) is 39.2 Å². The van der Waals surface area contributed by atoms with Gasteiger partial charge in [0.1, 0.15) is 17.2 Å². The van der Waals surface area contributed by atoms with Crippen molar-refractivity contribution in [1.29, 1.82) is 5.26 Å². The van der Waals surface area contributed by atoms with Crippen LogP contribution in [-0.4, -0.2) is 44.6 Å². The molecule has 0 saturated heterocycles. The monoisotopic (exact) mass is 738 g/mol. The van der Waals surface area contributed by atoms with Crippen molar-refractivity contribution < 1.29 is 39.3 Å². The molecule has 0 fully saturated rings. The zero-order chi connectivity index (χ0) is 39.8. The Morgan fingerprint density at radius 3 is 1.80 bits per heavy atom. The van der Waals surface area contributed by atoms with Crippen LogP contribution in [0.25, 0.3) is 0 Å². The molecule has 3 amide bonds. The van der Waals surface area contributed by atoms with Gasteiger partial charge in [-0.2, -0.15) is 5.26 Å². The fourth-order valence-electron chi connectivity index (χ4n) is 5.78. The Morgan fingerprint density at radius 1 is 0.618 bits per heavy atom. The van der Waals surface area contributed by atoms with Crippen LogP contribution in [0.3, 0.4) is 0 Å². The number of carbonyl (C=O) groups is 5. The van der Waals surface area contributed by atoms with Gasteiger partial charge in [-0.1, -0.05) is 30.3 Å². The number of aryl methyl sites for hydroxylation is 1. The lowest BCUT2D eigenvalue weighted by atomic mass is 9.94.